The Morgan fingerprint density at radius 3 is 2.90 bits per heavy atom. The number of amides is 1. The first-order valence-corrected chi connectivity index (χ1v) is 8.20. The average Bonchev–Trinajstić information content (AvgIpc) is 2.88. The van der Waals surface area contributed by atoms with Crippen LogP contribution in [0.2, 0.25) is 5.02 Å². The van der Waals surface area contributed by atoms with Crippen molar-refractivity contribution >= 4 is 44.7 Å². The van der Waals surface area contributed by atoms with Gasteiger partial charge in [0.05, 0.1) is 20.9 Å². The van der Waals surface area contributed by atoms with Gasteiger partial charge in [-0.05, 0) is 36.9 Å². The van der Waals surface area contributed by atoms with Crippen LogP contribution >= 0.6 is 22.9 Å². The molecule has 6 heteroatoms. The summed E-state index contributed by atoms with van der Waals surface area (Å²) in [5.74, 6) is -0.0394. The molecule has 1 heterocycles. The van der Waals surface area contributed by atoms with E-state index in [9.17, 15) is 4.79 Å². The summed E-state index contributed by atoms with van der Waals surface area (Å²) in [5.41, 5.74) is 8.77. The molecule has 2 rings (SSSR count). The quantitative estimate of drug-likeness (QED) is 0.842. The molecule has 3 N–H and O–H groups in total. The van der Waals surface area contributed by atoms with Crippen LogP contribution in [0.15, 0.2) is 17.6 Å². The number of hydrogen-bond donors (Lipinski definition) is 2. The third-order valence-electron chi connectivity index (χ3n) is 3.57. The molecule has 21 heavy (non-hydrogen) atoms. The van der Waals surface area contributed by atoms with Gasteiger partial charge in [-0.3, -0.25) is 4.79 Å². The molecule has 0 spiro atoms. The summed E-state index contributed by atoms with van der Waals surface area (Å²) in [6, 6.07) is 3.70. The van der Waals surface area contributed by atoms with Crippen molar-refractivity contribution in [3.05, 3.63) is 22.7 Å². The minimum Gasteiger partial charge on any atom is -0.330 e. The first-order chi connectivity index (χ1) is 9.93. The van der Waals surface area contributed by atoms with Crippen LogP contribution in [-0.4, -0.2) is 17.4 Å². The molecule has 0 aliphatic carbocycles. The topological polar surface area (TPSA) is 68.0 Å². The van der Waals surface area contributed by atoms with E-state index in [2.05, 4.69) is 24.1 Å². The van der Waals surface area contributed by atoms with E-state index in [0.29, 0.717) is 23.7 Å². The third kappa shape index (κ3) is 4.15. The van der Waals surface area contributed by atoms with Gasteiger partial charge in [-0.1, -0.05) is 25.4 Å². The van der Waals surface area contributed by atoms with Gasteiger partial charge in [-0.15, -0.1) is 11.3 Å². The van der Waals surface area contributed by atoms with Crippen LogP contribution in [-0.2, 0) is 4.79 Å². The Morgan fingerprint density at radius 1 is 1.43 bits per heavy atom. The summed E-state index contributed by atoms with van der Waals surface area (Å²) in [6.07, 6.45) is 2.15. The summed E-state index contributed by atoms with van der Waals surface area (Å²) in [6.45, 7) is 4.89. The molecule has 1 aromatic heterocycles. The van der Waals surface area contributed by atoms with Crippen molar-refractivity contribution in [2.45, 2.75) is 33.1 Å². The van der Waals surface area contributed by atoms with Crippen LogP contribution in [0.5, 0.6) is 0 Å². The highest BCUT2D eigenvalue weighted by molar-refractivity contribution is 7.16. The lowest BCUT2D eigenvalue weighted by Crippen LogP contribution is -2.20. The third-order valence-corrected chi connectivity index (χ3v) is 4.68. The molecule has 2 aromatic rings. The van der Waals surface area contributed by atoms with Crippen LogP contribution in [0.1, 0.15) is 33.1 Å². The SMILES string of the molecule is CC(C)(CCN)CCC(=O)Nc1c(Cl)ccc2scnc12. The van der Waals surface area contributed by atoms with Gasteiger partial charge in [0.25, 0.3) is 0 Å². The Bertz CT molecular complexity index is 639. The van der Waals surface area contributed by atoms with Gasteiger partial charge in [0, 0.05) is 6.42 Å². The van der Waals surface area contributed by atoms with Crippen molar-refractivity contribution < 1.29 is 4.79 Å². The standard InChI is InChI=1S/C15H20ClN3OS/c1-15(2,7-8-17)6-5-12(20)19-13-10(16)3-4-11-14(13)18-9-21-11/h3-4,9H,5-8,17H2,1-2H3,(H,19,20). The lowest BCUT2D eigenvalue weighted by molar-refractivity contribution is -0.116. The van der Waals surface area contributed by atoms with E-state index in [1.165, 1.54) is 11.3 Å². The zero-order valence-electron chi connectivity index (χ0n) is 12.3. The number of fused-ring (bicyclic) bond motifs is 1. The Kier molecular flexibility index (Phi) is 5.19. The minimum atomic E-state index is -0.0394. The van der Waals surface area contributed by atoms with E-state index in [0.717, 1.165) is 23.1 Å². The van der Waals surface area contributed by atoms with E-state index in [1.807, 2.05) is 6.07 Å². The van der Waals surface area contributed by atoms with Gasteiger partial charge in [0.1, 0.15) is 5.52 Å². The number of benzene rings is 1. The molecule has 4 nitrogen and oxygen atoms in total. The molecule has 0 saturated heterocycles. The fraction of sp³-hybridized carbons (Fsp3) is 0.467. The van der Waals surface area contributed by atoms with Gasteiger partial charge in [-0.2, -0.15) is 0 Å². The molecule has 0 unspecified atom stereocenters. The van der Waals surface area contributed by atoms with Crippen molar-refractivity contribution in [3.63, 3.8) is 0 Å². The molecule has 0 saturated carbocycles. The maximum absolute atomic E-state index is 12.2. The molecular formula is C15H20ClN3OS. The Balaban J connectivity index is 2.05. The fourth-order valence-electron chi connectivity index (χ4n) is 2.20. The van der Waals surface area contributed by atoms with E-state index in [-0.39, 0.29) is 11.3 Å². The molecule has 0 fully saturated rings. The highest BCUT2D eigenvalue weighted by Gasteiger charge is 2.19. The summed E-state index contributed by atoms with van der Waals surface area (Å²) in [5, 5.41) is 3.41. The maximum atomic E-state index is 12.2. The number of anilines is 1. The number of carbonyl (C=O) groups is 1. The second-order valence-corrected chi connectivity index (χ2v) is 7.17. The van der Waals surface area contributed by atoms with Gasteiger partial charge in [0.2, 0.25) is 5.91 Å². The van der Waals surface area contributed by atoms with Crippen LogP contribution in [0, 0.1) is 5.41 Å². The number of rotatable bonds is 6. The number of nitrogens with zero attached hydrogens (tertiary/aromatic N) is 1. The average molecular weight is 326 g/mol. The molecule has 114 valence electrons. The Hall–Kier alpha value is -1.17. The second kappa shape index (κ2) is 6.73. The largest absolute Gasteiger partial charge is 0.330 e. The Morgan fingerprint density at radius 2 is 2.19 bits per heavy atom. The van der Waals surface area contributed by atoms with Crippen molar-refractivity contribution in [2.24, 2.45) is 11.1 Å². The highest BCUT2D eigenvalue weighted by atomic mass is 35.5. The van der Waals surface area contributed by atoms with Crippen molar-refractivity contribution in [1.29, 1.82) is 0 Å². The number of thiazole rings is 1. The van der Waals surface area contributed by atoms with E-state index in [4.69, 9.17) is 17.3 Å². The van der Waals surface area contributed by atoms with E-state index < -0.39 is 0 Å². The van der Waals surface area contributed by atoms with Gasteiger partial charge < -0.3 is 11.1 Å². The number of nitrogens with one attached hydrogen (secondary N) is 1. The van der Waals surface area contributed by atoms with Gasteiger partial charge in [0.15, 0.2) is 0 Å². The fourth-order valence-corrected chi connectivity index (χ4v) is 3.08. The summed E-state index contributed by atoms with van der Waals surface area (Å²) < 4.78 is 1.01. The molecule has 0 atom stereocenters. The van der Waals surface area contributed by atoms with Crippen LogP contribution in [0.4, 0.5) is 5.69 Å². The van der Waals surface area contributed by atoms with Crippen molar-refractivity contribution in [3.8, 4) is 0 Å². The first-order valence-electron chi connectivity index (χ1n) is 6.94. The normalized spacial score (nSPS) is 11.8. The number of carbonyl (C=O) groups excluding carboxylic acids is 1. The predicted octanol–water partition coefficient (Wildman–Crippen LogP) is 4.04. The molecule has 0 radical (unpaired) electrons. The number of nitrogens with two attached hydrogens (primary N) is 1. The molecular weight excluding hydrogens is 306 g/mol. The van der Waals surface area contributed by atoms with Crippen LogP contribution in [0.25, 0.3) is 10.2 Å². The second-order valence-electron chi connectivity index (χ2n) is 5.87. The number of aromatic nitrogens is 1. The molecule has 1 amide bonds. The maximum Gasteiger partial charge on any atom is 0.224 e. The number of halogens is 1. The van der Waals surface area contributed by atoms with Gasteiger partial charge >= 0.3 is 0 Å². The molecule has 0 aliphatic heterocycles. The zero-order chi connectivity index (χ0) is 15.5. The monoisotopic (exact) mass is 325 g/mol. The van der Waals surface area contributed by atoms with Crippen molar-refractivity contribution in [1.82, 2.24) is 4.98 Å². The van der Waals surface area contributed by atoms with Crippen molar-refractivity contribution in [2.75, 3.05) is 11.9 Å². The Labute approximate surface area is 133 Å². The zero-order valence-corrected chi connectivity index (χ0v) is 13.9. The molecule has 0 aliphatic rings. The number of hydrogen-bond acceptors (Lipinski definition) is 4. The minimum absolute atomic E-state index is 0.0394. The molecule has 1 aromatic carbocycles. The lowest BCUT2D eigenvalue weighted by Gasteiger charge is -2.23. The summed E-state index contributed by atoms with van der Waals surface area (Å²) in [7, 11) is 0. The van der Waals surface area contributed by atoms with Gasteiger partial charge in [-0.25, -0.2) is 4.98 Å². The predicted molar refractivity (Wildman–Crippen MR) is 89.9 cm³/mol. The van der Waals surface area contributed by atoms with Crippen LogP contribution in [0.3, 0.4) is 0 Å². The van der Waals surface area contributed by atoms with E-state index >= 15 is 0 Å². The van der Waals surface area contributed by atoms with E-state index in [1.54, 1.807) is 11.6 Å². The highest BCUT2D eigenvalue weighted by Crippen LogP contribution is 2.33. The smallest absolute Gasteiger partial charge is 0.224 e. The lowest BCUT2D eigenvalue weighted by atomic mass is 9.84. The molecule has 0 bridgehead atoms. The first kappa shape index (κ1) is 16.2. The van der Waals surface area contributed by atoms with Crippen LogP contribution < -0.4 is 11.1 Å². The summed E-state index contributed by atoms with van der Waals surface area (Å²) >= 11 is 7.70. The summed E-state index contributed by atoms with van der Waals surface area (Å²) in [4.78, 5) is 16.4.